The van der Waals surface area contributed by atoms with Crippen LogP contribution in [-0.4, -0.2) is 47.5 Å². The Labute approximate surface area is 188 Å². The molecule has 9 nitrogen and oxygen atoms in total. The molecule has 0 radical (unpaired) electrons. The van der Waals surface area contributed by atoms with Crippen molar-refractivity contribution < 1.29 is 23.8 Å². The maximum atomic E-state index is 12.9. The summed E-state index contributed by atoms with van der Waals surface area (Å²) in [7, 11) is 0. The van der Waals surface area contributed by atoms with Crippen molar-refractivity contribution in [1.29, 1.82) is 0 Å². The van der Waals surface area contributed by atoms with E-state index in [0.29, 0.717) is 48.3 Å². The van der Waals surface area contributed by atoms with Crippen LogP contribution in [0.15, 0.2) is 24.5 Å². The SMILES string of the molecule is CCOc1cc(C(=O)Nc2cnn(CC(=O)NC3CCCC3)c2)cc(OCC)c1OCC. The molecule has 1 heterocycles. The number of aromatic nitrogens is 2. The maximum Gasteiger partial charge on any atom is 0.256 e. The number of benzene rings is 1. The number of nitrogens with one attached hydrogen (secondary N) is 2. The number of ether oxygens (including phenoxy) is 3. The molecule has 1 saturated carbocycles. The van der Waals surface area contributed by atoms with Crippen LogP contribution in [0.1, 0.15) is 56.8 Å². The molecule has 2 amide bonds. The van der Waals surface area contributed by atoms with E-state index in [0.717, 1.165) is 25.7 Å². The van der Waals surface area contributed by atoms with E-state index in [1.54, 1.807) is 18.3 Å². The number of rotatable bonds is 11. The summed E-state index contributed by atoms with van der Waals surface area (Å²) in [6, 6.07) is 3.52. The van der Waals surface area contributed by atoms with Gasteiger partial charge in [-0.2, -0.15) is 5.10 Å². The van der Waals surface area contributed by atoms with Crippen LogP contribution in [0.5, 0.6) is 17.2 Å². The molecule has 1 aromatic carbocycles. The Kier molecular flexibility index (Phi) is 8.35. The van der Waals surface area contributed by atoms with Crippen LogP contribution in [0.3, 0.4) is 0 Å². The lowest BCUT2D eigenvalue weighted by Crippen LogP contribution is -2.35. The Bertz CT molecular complexity index is 894. The highest BCUT2D eigenvalue weighted by Crippen LogP contribution is 2.39. The minimum atomic E-state index is -0.343. The highest BCUT2D eigenvalue weighted by molar-refractivity contribution is 6.05. The summed E-state index contributed by atoms with van der Waals surface area (Å²) in [5.74, 6) is 0.959. The van der Waals surface area contributed by atoms with Crippen LogP contribution in [0.25, 0.3) is 0 Å². The van der Waals surface area contributed by atoms with Gasteiger partial charge < -0.3 is 24.8 Å². The minimum absolute atomic E-state index is 0.0768. The summed E-state index contributed by atoms with van der Waals surface area (Å²) in [5.41, 5.74) is 0.862. The van der Waals surface area contributed by atoms with E-state index in [1.165, 1.54) is 10.9 Å². The number of amides is 2. The second-order valence-electron chi connectivity index (χ2n) is 7.53. The number of hydrogen-bond acceptors (Lipinski definition) is 6. The number of carbonyl (C=O) groups excluding carboxylic acids is 2. The Morgan fingerprint density at radius 3 is 2.25 bits per heavy atom. The fraction of sp³-hybridized carbons (Fsp3) is 0.522. The molecule has 0 atom stereocenters. The van der Waals surface area contributed by atoms with Gasteiger partial charge in [-0.15, -0.1) is 0 Å². The van der Waals surface area contributed by atoms with Gasteiger partial charge >= 0.3 is 0 Å². The van der Waals surface area contributed by atoms with E-state index in [9.17, 15) is 9.59 Å². The molecular weight excluding hydrogens is 412 g/mol. The van der Waals surface area contributed by atoms with Crippen molar-refractivity contribution in [2.45, 2.75) is 59.0 Å². The van der Waals surface area contributed by atoms with E-state index in [-0.39, 0.29) is 24.4 Å². The van der Waals surface area contributed by atoms with Crippen molar-refractivity contribution in [3.63, 3.8) is 0 Å². The largest absolute Gasteiger partial charge is 0.490 e. The number of nitrogens with zero attached hydrogens (tertiary/aromatic N) is 2. The summed E-state index contributed by atoms with van der Waals surface area (Å²) in [4.78, 5) is 25.1. The van der Waals surface area contributed by atoms with Crippen LogP contribution < -0.4 is 24.8 Å². The summed E-state index contributed by atoms with van der Waals surface area (Å²) in [6.45, 7) is 6.99. The zero-order chi connectivity index (χ0) is 22.9. The molecule has 1 aromatic heterocycles. The maximum absolute atomic E-state index is 12.9. The molecule has 1 fully saturated rings. The zero-order valence-corrected chi connectivity index (χ0v) is 19.0. The minimum Gasteiger partial charge on any atom is -0.490 e. The van der Waals surface area contributed by atoms with Gasteiger partial charge in [0.2, 0.25) is 11.7 Å². The smallest absolute Gasteiger partial charge is 0.256 e. The number of anilines is 1. The van der Waals surface area contributed by atoms with Crippen molar-refractivity contribution in [3.05, 3.63) is 30.1 Å². The fourth-order valence-electron chi connectivity index (χ4n) is 3.73. The Balaban J connectivity index is 1.69. The molecule has 32 heavy (non-hydrogen) atoms. The van der Waals surface area contributed by atoms with Crippen molar-refractivity contribution in [3.8, 4) is 17.2 Å². The number of hydrogen-bond donors (Lipinski definition) is 2. The predicted molar refractivity (Wildman–Crippen MR) is 121 cm³/mol. The van der Waals surface area contributed by atoms with Gasteiger partial charge in [-0.1, -0.05) is 12.8 Å². The van der Waals surface area contributed by atoms with E-state index in [1.807, 2.05) is 20.8 Å². The lowest BCUT2D eigenvalue weighted by atomic mass is 10.1. The van der Waals surface area contributed by atoms with Gasteiger partial charge in [0, 0.05) is 17.8 Å². The van der Waals surface area contributed by atoms with Crippen molar-refractivity contribution >= 4 is 17.5 Å². The molecule has 2 aromatic rings. The molecule has 174 valence electrons. The first kappa shape index (κ1) is 23.4. The van der Waals surface area contributed by atoms with Crippen LogP contribution in [0.4, 0.5) is 5.69 Å². The predicted octanol–water partition coefficient (Wildman–Crippen LogP) is 3.39. The Morgan fingerprint density at radius 1 is 1.03 bits per heavy atom. The van der Waals surface area contributed by atoms with Crippen molar-refractivity contribution in [1.82, 2.24) is 15.1 Å². The van der Waals surface area contributed by atoms with Gasteiger partial charge in [-0.3, -0.25) is 14.3 Å². The van der Waals surface area contributed by atoms with Crippen LogP contribution in [0, 0.1) is 0 Å². The van der Waals surface area contributed by atoms with Crippen molar-refractivity contribution in [2.75, 3.05) is 25.1 Å². The second-order valence-corrected chi connectivity index (χ2v) is 7.53. The van der Waals surface area contributed by atoms with E-state index in [4.69, 9.17) is 14.2 Å². The van der Waals surface area contributed by atoms with Crippen LogP contribution in [-0.2, 0) is 11.3 Å². The Hall–Kier alpha value is -3.23. The first-order valence-corrected chi connectivity index (χ1v) is 11.2. The summed E-state index contributed by atoms with van der Waals surface area (Å²) < 4.78 is 18.5. The molecule has 0 bridgehead atoms. The molecule has 9 heteroatoms. The fourth-order valence-corrected chi connectivity index (χ4v) is 3.73. The first-order valence-electron chi connectivity index (χ1n) is 11.2. The standard InChI is InChI=1S/C23H32N4O5/c1-4-30-19-11-16(12-20(31-5-2)22(19)32-6-3)23(29)26-18-13-24-27(14-18)15-21(28)25-17-9-7-8-10-17/h11-14,17H,4-10,15H2,1-3H3,(H,25,28)(H,26,29). The van der Waals surface area contributed by atoms with Gasteiger partial charge in [0.25, 0.3) is 5.91 Å². The van der Waals surface area contributed by atoms with Gasteiger partial charge in [-0.25, -0.2) is 0 Å². The van der Waals surface area contributed by atoms with E-state index >= 15 is 0 Å². The van der Waals surface area contributed by atoms with Gasteiger partial charge in [-0.05, 0) is 45.7 Å². The average molecular weight is 445 g/mol. The highest BCUT2D eigenvalue weighted by atomic mass is 16.5. The molecule has 0 unspecified atom stereocenters. The van der Waals surface area contributed by atoms with E-state index < -0.39 is 0 Å². The molecular formula is C23H32N4O5. The topological polar surface area (TPSA) is 104 Å². The van der Waals surface area contributed by atoms with Crippen LogP contribution in [0.2, 0.25) is 0 Å². The second kappa shape index (κ2) is 11.4. The highest BCUT2D eigenvalue weighted by Gasteiger charge is 2.20. The summed E-state index contributed by atoms with van der Waals surface area (Å²) >= 11 is 0. The average Bonchev–Trinajstić information content (AvgIpc) is 3.42. The molecule has 2 N–H and O–H groups in total. The van der Waals surface area contributed by atoms with Crippen LogP contribution >= 0.6 is 0 Å². The quantitative estimate of drug-likeness (QED) is 0.551. The molecule has 3 rings (SSSR count). The lowest BCUT2D eigenvalue weighted by molar-refractivity contribution is -0.122. The van der Waals surface area contributed by atoms with Gasteiger partial charge in [0.05, 0.1) is 31.7 Å². The molecule has 0 spiro atoms. The van der Waals surface area contributed by atoms with Crippen molar-refractivity contribution in [2.24, 2.45) is 0 Å². The zero-order valence-electron chi connectivity index (χ0n) is 19.0. The molecule has 1 aliphatic rings. The number of carbonyl (C=O) groups is 2. The third-order valence-corrected chi connectivity index (χ3v) is 5.09. The molecule has 0 aliphatic heterocycles. The Morgan fingerprint density at radius 2 is 1.66 bits per heavy atom. The first-order chi connectivity index (χ1) is 15.5. The third-order valence-electron chi connectivity index (χ3n) is 5.09. The monoisotopic (exact) mass is 444 g/mol. The molecule has 1 aliphatic carbocycles. The summed E-state index contributed by atoms with van der Waals surface area (Å²) in [5, 5.41) is 10.0. The van der Waals surface area contributed by atoms with Gasteiger partial charge in [0.15, 0.2) is 11.5 Å². The van der Waals surface area contributed by atoms with E-state index in [2.05, 4.69) is 15.7 Å². The third kappa shape index (κ3) is 6.15. The molecule has 0 saturated heterocycles. The summed E-state index contributed by atoms with van der Waals surface area (Å²) in [6.07, 6.45) is 7.52. The normalized spacial score (nSPS) is 13.6. The van der Waals surface area contributed by atoms with Gasteiger partial charge in [0.1, 0.15) is 6.54 Å². The lowest BCUT2D eigenvalue weighted by Gasteiger charge is -2.17.